The number of halogens is 2. The quantitative estimate of drug-likeness (QED) is 0.705. The van der Waals surface area contributed by atoms with E-state index < -0.39 is 0 Å². The number of anilines is 1. The van der Waals surface area contributed by atoms with Gasteiger partial charge in [-0.05, 0) is 12.1 Å². The van der Waals surface area contributed by atoms with Gasteiger partial charge in [-0.15, -0.1) is 0 Å². The molecule has 1 aromatic carbocycles. The lowest BCUT2D eigenvalue weighted by molar-refractivity contribution is 0.00640. The zero-order chi connectivity index (χ0) is 17.4. The molecule has 2 aromatic heterocycles. The summed E-state index contributed by atoms with van der Waals surface area (Å²) in [5, 5.41) is 1.38. The van der Waals surface area contributed by atoms with E-state index >= 15 is 0 Å². The van der Waals surface area contributed by atoms with Gasteiger partial charge < -0.3 is 14.9 Å². The Morgan fingerprint density at radius 2 is 2.04 bits per heavy atom. The van der Waals surface area contributed by atoms with Gasteiger partial charge >= 0.3 is 0 Å². The van der Waals surface area contributed by atoms with Crippen molar-refractivity contribution in [3.63, 3.8) is 0 Å². The van der Waals surface area contributed by atoms with Crippen LogP contribution in [-0.4, -0.2) is 28.2 Å². The summed E-state index contributed by atoms with van der Waals surface area (Å²) in [5.41, 5.74) is 7.39. The van der Waals surface area contributed by atoms with Crippen molar-refractivity contribution in [3.8, 4) is 11.5 Å². The number of nitrogens with two attached hydrogens (primary N) is 1. The first-order valence-corrected chi connectivity index (χ1v) is 8.97. The first-order chi connectivity index (χ1) is 12.1. The van der Waals surface area contributed by atoms with Crippen LogP contribution in [0.2, 0.25) is 10.2 Å². The Morgan fingerprint density at radius 1 is 1.20 bits per heavy atom. The lowest BCUT2D eigenvalue weighted by Crippen LogP contribution is -2.27. The van der Waals surface area contributed by atoms with Gasteiger partial charge in [0, 0.05) is 4.90 Å². The Kier molecular flexibility index (Phi) is 4.56. The highest BCUT2D eigenvalue weighted by Crippen LogP contribution is 2.40. The molecule has 1 aliphatic heterocycles. The maximum Gasteiger partial charge on any atom is 0.227 e. The fourth-order valence-corrected chi connectivity index (χ4v) is 3.83. The fourth-order valence-electron chi connectivity index (χ4n) is 2.37. The summed E-state index contributed by atoms with van der Waals surface area (Å²) >= 11 is 14.0. The standard InChI is InChI=1S/C16H12Cl2N4O2S/c17-11-9(15-20-4-5-24-15)2-1-3-10(11)25-16-14(19)22-13(18)12(21-16)8-6-23-7-8/h1-5,8H,6-7H2,(H2,19,22). The molecule has 1 aliphatic rings. The molecule has 0 unspecified atom stereocenters. The van der Waals surface area contributed by atoms with E-state index in [2.05, 4.69) is 15.0 Å². The third kappa shape index (κ3) is 3.20. The number of rotatable bonds is 4. The van der Waals surface area contributed by atoms with Crippen LogP contribution in [0.3, 0.4) is 0 Å². The molecule has 0 aliphatic carbocycles. The fraction of sp³-hybridized carbons (Fsp3) is 0.188. The zero-order valence-electron chi connectivity index (χ0n) is 12.8. The van der Waals surface area contributed by atoms with Crippen LogP contribution in [0.4, 0.5) is 5.82 Å². The summed E-state index contributed by atoms with van der Waals surface area (Å²) in [6.45, 7) is 1.17. The first kappa shape index (κ1) is 16.7. The molecule has 0 bridgehead atoms. The number of hydrogen-bond acceptors (Lipinski definition) is 7. The molecule has 128 valence electrons. The van der Waals surface area contributed by atoms with Crippen LogP contribution in [0.5, 0.6) is 0 Å². The number of nitrogen functional groups attached to an aromatic ring is 1. The van der Waals surface area contributed by atoms with Crippen molar-refractivity contribution >= 4 is 40.8 Å². The Bertz CT molecular complexity index is 917. The molecule has 2 N–H and O–H groups in total. The number of oxazole rings is 1. The van der Waals surface area contributed by atoms with E-state index in [1.165, 1.54) is 18.0 Å². The summed E-state index contributed by atoms with van der Waals surface area (Å²) in [6.07, 6.45) is 3.07. The number of ether oxygens (including phenoxy) is 1. The van der Waals surface area contributed by atoms with Crippen LogP contribution < -0.4 is 5.73 Å². The maximum absolute atomic E-state index is 6.52. The van der Waals surface area contributed by atoms with E-state index in [0.717, 1.165) is 4.90 Å². The second-order valence-corrected chi connectivity index (χ2v) is 7.15. The number of nitrogens with zero attached hydrogens (tertiary/aromatic N) is 3. The topological polar surface area (TPSA) is 87.1 Å². The van der Waals surface area contributed by atoms with E-state index in [-0.39, 0.29) is 11.7 Å². The molecular weight excluding hydrogens is 383 g/mol. The molecule has 1 fully saturated rings. The number of hydrogen-bond donors (Lipinski definition) is 1. The minimum Gasteiger partial charge on any atom is -0.444 e. The molecule has 4 rings (SSSR count). The van der Waals surface area contributed by atoms with Gasteiger partial charge in [0.15, 0.2) is 11.0 Å². The minimum atomic E-state index is 0.147. The summed E-state index contributed by atoms with van der Waals surface area (Å²) in [4.78, 5) is 13.7. The molecule has 0 atom stereocenters. The van der Waals surface area contributed by atoms with Crippen LogP contribution in [0.25, 0.3) is 11.5 Å². The monoisotopic (exact) mass is 394 g/mol. The van der Waals surface area contributed by atoms with Crippen LogP contribution in [-0.2, 0) is 4.74 Å². The molecule has 3 aromatic rings. The van der Waals surface area contributed by atoms with E-state index in [4.69, 9.17) is 38.1 Å². The average Bonchev–Trinajstić information content (AvgIpc) is 3.06. The van der Waals surface area contributed by atoms with Gasteiger partial charge in [0.25, 0.3) is 0 Å². The Balaban J connectivity index is 1.70. The van der Waals surface area contributed by atoms with Crippen molar-refractivity contribution in [2.45, 2.75) is 15.8 Å². The molecule has 9 heteroatoms. The third-order valence-corrected chi connectivity index (χ3v) is 5.58. The van der Waals surface area contributed by atoms with Crippen molar-refractivity contribution < 1.29 is 9.15 Å². The SMILES string of the molecule is Nc1nc(Cl)c(C2COC2)nc1Sc1cccc(-c2ncco2)c1Cl. The Labute approximate surface area is 157 Å². The lowest BCUT2D eigenvalue weighted by atomic mass is 10.1. The Morgan fingerprint density at radius 3 is 2.72 bits per heavy atom. The largest absolute Gasteiger partial charge is 0.444 e. The van der Waals surface area contributed by atoms with Crippen LogP contribution >= 0.6 is 35.0 Å². The van der Waals surface area contributed by atoms with E-state index in [9.17, 15) is 0 Å². The normalized spacial score (nSPS) is 14.5. The molecule has 0 radical (unpaired) electrons. The first-order valence-electron chi connectivity index (χ1n) is 7.40. The van der Waals surface area contributed by atoms with Gasteiger partial charge in [0.05, 0.1) is 41.6 Å². The van der Waals surface area contributed by atoms with Crippen molar-refractivity contribution in [3.05, 3.63) is 46.5 Å². The molecule has 0 spiro atoms. The molecule has 3 heterocycles. The zero-order valence-corrected chi connectivity index (χ0v) is 15.1. The van der Waals surface area contributed by atoms with E-state index in [0.29, 0.717) is 45.6 Å². The van der Waals surface area contributed by atoms with Gasteiger partial charge in [-0.3, -0.25) is 0 Å². The van der Waals surface area contributed by atoms with Gasteiger partial charge in [0.1, 0.15) is 11.3 Å². The number of benzene rings is 1. The highest BCUT2D eigenvalue weighted by molar-refractivity contribution is 7.99. The highest BCUT2D eigenvalue weighted by Gasteiger charge is 2.27. The van der Waals surface area contributed by atoms with Gasteiger partial charge in [-0.25, -0.2) is 15.0 Å². The average molecular weight is 395 g/mol. The summed E-state index contributed by atoms with van der Waals surface area (Å²) in [6, 6.07) is 5.58. The predicted molar refractivity (Wildman–Crippen MR) is 96.1 cm³/mol. The molecule has 0 amide bonds. The van der Waals surface area contributed by atoms with Crippen molar-refractivity contribution in [2.24, 2.45) is 0 Å². The molecule has 1 saturated heterocycles. The lowest BCUT2D eigenvalue weighted by Gasteiger charge is -2.26. The molecule has 6 nitrogen and oxygen atoms in total. The predicted octanol–water partition coefficient (Wildman–Crippen LogP) is 4.29. The van der Waals surface area contributed by atoms with Crippen molar-refractivity contribution in [1.29, 1.82) is 0 Å². The van der Waals surface area contributed by atoms with Crippen molar-refractivity contribution in [1.82, 2.24) is 15.0 Å². The van der Waals surface area contributed by atoms with Gasteiger partial charge in [-0.2, -0.15) is 0 Å². The van der Waals surface area contributed by atoms with Crippen LogP contribution in [0.1, 0.15) is 11.6 Å². The summed E-state index contributed by atoms with van der Waals surface area (Å²) in [5.74, 6) is 0.862. The second kappa shape index (κ2) is 6.84. The summed E-state index contributed by atoms with van der Waals surface area (Å²) < 4.78 is 10.5. The van der Waals surface area contributed by atoms with Crippen molar-refractivity contribution in [2.75, 3.05) is 18.9 Å². The van der Waals surface area contributed by atoms with Crippen LogP contribution in [0.15, 0.2) is 45.0 Å². The molecule has 25 heavy (non-hydrogen) atoms. The van der Waals surface area contributed by atoms with Gasteiger partial charge in [0.2, 0.25) is 5.89 Å². The van der Waals surface area contributed by atoms with Crippen LogP contribution in [0, 0.1) is 0 Å². The maximum atomic E-state index is 6.52. The van der Waals surface area contributed by atoms with Gasteiger partial charge in [-0.1, -0.05) is 41.0 Å². The third-order valence-electron chi connectivity index (χ3n) is 3.73. The smallest absolute Gasteiger partial charge is 0.227 e. The molecular formula is C16H12Cl2N4O2S. The van der Waals surface area contributed by atoms with E-state index in [1.807, 2.05) is 18.2 Å². The highest BCUT2D eigenvalue weighted by atomic mass is 35.5. The second-order valence-electron chi connectivity index (χ2n) is 5.38. The molecule has 0 saturated carbocycles. The Hall–Kier alpha value is -1.80. The number of aromatic nitrogens is 3. The van der Waals surface area contributed by atoms with E-state index in [1.54, 1.807) is 6.20 Å². The summed E-state index contributed by atoms with van der Waals surface area (Å²) in [7, 11) is 0. The minimum absolute atomic E-state index is 0.147.